The van der Waals surface area contributed by atoms with Crippen LogP contribution in [0.2, 0.25) is 0 Å². The van der Waals surface area contributed by atoms with E-state index >= 15 is 0 Å². The van der Waals surface area contributed by atoms with E-state index in [0.717, 1.165) is 0 Å². The van der Waals surface area contributed by atoms with Crippen LogP contribution >= 0.6 is 0 Å². The number of halogens is 4. The maximum absolute atomic E-state index is 0. The summed E-state index contributed by atoms with van der Waals surface area (Å²) in [5.41, 5.74) is 0. The quantitative estimate of drug-likeness (QED) is 0.378. The molecule has 0 aliphatic rings. The Morgan fingerprint density at radius 1 is 0.500 bits per heavy atom. The van der Waals surface area contributed by atoms with Crippen LogP contribution in [0.15, 0.2) is 0 Å². The van der Waals surface area contributed by atoms with E-state index in [9.17, 15) is 0 Å². The van der Waals surface area contributed by atoms with Crippen molar-refractivity contribution in [1.29, 1.82) is 0 Å². The fourth-order valence-corrected chi connectivity index (χ4v) is 0. The Bertz CT molecular complexity index is 7.51. The molecular formula is AlCl4Sr+. The van der Waals surface area contributed by atoms with Gasteiger partial charge in [0.2, 0.25) is 0 Å². The molecule has 0 unspecified atom stereocenters. The molecule has 0 aromatic rings. The first-order chi connectivity index (χ1) is 0. The molecule has 0 saturated heterocycles. The summed E-state index contributed by atoms with van der Waals surface area (Å²) in [5, 5.41) is 0. The standard InChI is InChI=1S/Al.4ClH.Sr/h;4*1H;/q+3;;;;;+2/p-4. The van der Waals surface area contributed by atoms with Gasteiger partial charge in [0.15, 0.2) is 0 Å². The molecule has 0 N–H and O–H groups in total. The Balaban J connectivity index is 0. The van der Waals surface area contributed by atoms with Gasteiger partial charge in [-0.2, -0.15) is 0 Å². The first-order valence-electron chi connectivity index (χ1n) is 0. The van der Waals surface area contributed by atoms with E-state index < -0.39 is 0 Å². The van der Waals surface area contributed by atoms with Gasteiger partial charge in [-0.1, -0.05) is 0 Å². The van der Waals surface area contributed by atoms with E-state index in [0.29, 0.717) is 0 Å². The smallest absolute Gasteiger partial charge is 1.00 e. The Morgan fingerprint density at radius 3 is 0.500 bits per heavy atom. The van der Waals surface area contributed by atoms with E-state index in [2.05, 4.69) is 0 Å². The molecule has 0 aromatic carbocycles. The van der Waals surface area contributed by atoms with Crippen molar-refractivity contribution < 1.29 is 49.6 Å². The van der Waals surface area contributed by atoms with E-state index in [1.165, 1.54) is 0 Å². The number of hydrogen-bond donors (Lipinski definition) is 0. The second kappa shape index (κ2) is 41.8. The summed E-state index contributed by atoms with van der Waals surface area (Å²) in [6, 6.07) is 0. The van der Waals surface area contributed by atoms with Gasteiger partial charge in [-0.15, -0.1) is 0 Å². The fourth-order valence-electron chi connectivity index (χ4n) is 0. The summed E-state index contributed by atoms with van der Waals surface area (Å²) in [6.07, 6.45) is 0. The summed E-state index contributed by atoms with van der Waals surface area (Å²) in [7, 11) is 0. The maximum Gasteiger partial charge on any atom is 3.00 e. The van der Waals surface area contributed by atoms with Crippen LogP contribution in [0.4, 0.5) is 0 Å². The molecule has 0 amide bonds. The molecule has 6 heteroatoms. The van der Waals surface area contributed by atoms with Crippen LogP contribution in [-0.4, -0.2) is 62.8 Å². The van der Waals surface area contributed by atoms with Gasteiger partial charge in [-0.05, 0) is 0 Å². The summed E-state index contributed by atoms with van der Waals surface area (Å²) >= 11 is 0. The average molecular weight is 256 g/mol. The van der Waals surface area contributed by atoms with Gasteiger partial charge in [0, 0.05) is 0 Å². The molecule has 6 heavy (non-hydrogen) atoms. The molecule has 0 spiro atoms. The van der Waals surface area contributed by atoms with E-state index in [1.54, 1.807) is 0 Å². The van der Waals surface area contributed by atoms with Gasteiger partial charge < -0.3 is 49.6 Å². The molecule has 0 nitrogen and oxygen atoms in total. The zero-order valence-electron chi connectivity index (χ0n) is 2.80. The number of rotatable bonds is 0. The van der Waals surface area contributed by atoms with Crippen LogP contribution in [0.5, 0.6) is 0 Å². The van der Waals surface area contributed by atoms with Gasteiger partial charge >= 0.3 is 62.8 Å². The van der Waals surface area contributed by atoms with Gasteiger partial charge in [0.1, 0.15) is 0 Å². The summed E-state index contributed by atoms with van der Waals surface area (Å²) in [6.45, 7) is 0. The van der Waals surface area contributed by atoms with Crippen LogP contribution in [0.25, 0.3) is 0 Å². The van der Waals surface area contributed by atoms with Gasteiger partial charge in [0.25, 0.3) is 0 Å². The minimum Gasteiger partial charge on any atom is -1.00 e. The molecule has 0 saturated carbocycles. The van der Waals surface area contributed by atoms with Crippen LogP contribution in [0, 0.1) is 0 Å². The third-order valence-electron chi connectivity index (χ3n) is 0. The fraction of sp³-hybridized carbons (Fsp3) is 0. The molecule has 0 atom stereocenters. The monoisotopic (exact) mass is 255 g/mol. The van der Waals surface area contributed by atoms with Crippen molar-refractivity contribution in [2.75, 3.05) is 0 Å². The molecule has 0 heterocycles. The van der Waals surface area contributed by atoms with Crippen LogP contribution in [0.3, 0.4) is 0 Å². The summed E-state index contributed by atoms with van der Waals surface area (Å²) < 4.78 is 0. The zero-order chi connectivity index (χ0) is 0. The Labute approximate surface area is 110 Å². The van der Waals surface area contributed by atoms with Crippen molar-refractivity contribution in [3.63, 3.8) is 0 Å². The Hall–Kier alpha value is 3.17. The van der Waals surface area contributed by atoms with Crippen molar-refractivity contribution in [1.82, 2.24) is 0 Å². The van der Waals surface area contributed by atoms with E-state index in [4.69, 9.17) is 0 Å². The Morgan fingerprint density at radius 2 is 0.500 bits per heavy atom. The SMILES string of the molecule is [Al+3].[Cl-].[Cl-].[Cl-].[Cl-].[Sr+2]. The average Bonchev–Trinajstić information content (AvgIpc) is 0. The topological polar surface area (TPSA) is 0 Å². The van der Waals surface area contributed by atoms with E-state index in [1.807, 2.05) is 0 Å². The number of hydrogen-bond acceptors (Lipinski definition) is 0. The van der Waals surface area contributed by atoms with E-state index in [-0.39, 0.29) is 112 Å². The third kappa shape index (κ3) is 27.1. The maximum atomic E-state index is 0. The molecule has 0 radical (unpaired) electrons. The van der Waals surface area contributed by atoms with Crippen LogP contribution < -0.4 is 49.6 Å². The van der Waals surface area contributed by atoms with Crippen molar-refractivity contribution >= 4 is 62.8 Å². The van der Waals surface area contributed by atoms with Crippen molar-refractivity contribution in [3.8, 4) is 0 Å². The molecule has 0 aliphatic heterocycles. The van der Waals surface area contributed by atoms with Gasteiger partial charge in [-0.3, -0.25) is 0 Å². The Kier molecular flexibility index (Phi) is 424. The first kappa shape index (κ1) is 60.9. The molecule has 0 aromatic heterocycles. The van der Waals surface area contributed by atoms with Gasteiger partial charge in [0.05, 0.1) is 0 Å². The minimum atomic E-state index is 0. The van der Waals surface area contributed by atoms with Gasteiger partial charge in [-0.25, -0.2) is 0 Å². The summed E-state index contributed by atoms with van der Waals surface area (Å²) in [4.78, 5) is 0. The molecule has 0 rings (SSSR count). The van der Waals surface area contributed by atoms with Crippen molar-refractivity contribution in [3.05, 3.63) is 0 Å². The van der Waals surface area contributed by atoms with Crippen LogP contribution in [0.1, 0.15) is 0 Å². The molecular weight excluding hydrogens is 256 g/mol. The molecule has 32 valence electrons. The van der Waals surface area contributed by atoms with Crippen molar-refractivity contribution in [2.24, 2.45) is 0 Å². The normalized spacial score (nSPS) is 0. The minimum absolute atomic E-state index is 0. The molecule has 0 fully saturated rings. The second-order valence-electron chi connectivity index (χ2n) is 0. The predicted octanol–water partition coefficient (Wildman–Crippen LogP) is -12.7. The zero-order valence-corrected chi connectivity index (χ0v) is 10.5. The second-order valence-corrected chi connectivity index (χ2v) is 0. The van der Waals surface area contributed by atoms with Crippen LogP contribution in [-0.2, 0) is 0 Å². The summed E-state index contributed by atoms with van der Waals surface area (Å²) in [5.74, 6) is 0. The van der Waals surface area contributed by atoms with Crippen molar-refractivity contribution in [2.45, 2.75) is 0 Å². The predicted molar refractivity (Wildman–Crippen MR) is 11.5 cm³/mol. The largest absolute Gasteiger partial charge is 3.00 e. The third-order valence-corrected chi connectivity index (χ3v) is 0. The first-order valence-corrected chi connectivity index (χ1v) is 0. The molecule has 0 aliphatic carbocycles. The molecule has 0 bridgehead atoms.